The van der Waals surface area contributed by atoms with Crippen LogP contribution in [0.1, 0.15) is 32.3 Å². The van der Waals surface area contributed by atoms with Gasteiger partial charge in [0, 0.05) is 12.0 Å². The van der Waals surface area contributed by atoms with Crippen LogP contribution in [0.4, 0.5) is 0 Å². The molecule has 19 heavy (non-hydrogen) atoms. The lowest BCUT2D eigenvalue weighted by molar-refractivity contribution is 0.171. The summed E-state index contributed by atoms with van der Waals surface area (Å²) in [6.45, 7) is 8.03. The van der Waals surface area contributed by atoms with E-state index in [-0.39, 0.29) is 0 Å². The summed E-state index contributed by atoms with van der Waals surface area (Å²) in [5, 5.41) is 3.57. The summed E-state index contributed by atoms with van der Waals surface area (Å²) >= 11 is 0. The van der Waals surface area contributed by atoms with Gasteiger partial charge in [-0.1, -0.05) is 19.9 Å². The third kappa shape index (κ3) is 2.32. The van der Waals surface area contributed by atoms with E-state index >= 15 is 0 Å². The van der Waals surface area contributed by atoms with E-state index in [1.807, 2.05) is 0 Å². The molecule has 1 aliphatic carbocycles. The third-order valence-electron chi connectivity index (χ3n) is 4.44. The Bertz CT molecular complexity index is 460. The van der Waals surface area contributed by atoms with Crippen LogP contribution in [0.15, 0.2) is 18.2 Å². The zero-order chi connectivity index (χ0) is 13.3. The lowest BCUT2D eigenvalue weighted by Gasteiger charge is -2.23. The molecule has 1 saturated carbocycles. The fraction of sp³-hybridized carbons (Fsp3) is 0.625. The van der Waals surface area contributed by atoms with Crippen molar-refractivity contribution in [2.75, 3.05) is 26.3 Å². The van der Waals surface area contributed by atoms with Crippen LogP contribution in [0.2, 0.25) is 0 Å². The number of hydrogen-bond donors (Lipinski definition) is 1. The molecule has 2 aliphatic rings. The predicted molar refractivity (Wildman–Crippen MR) is 76.1 cm³/mol. The van der Waals surface area contributed by atoms with Crippen molar-refractivity contribution in [2.24, 2.45) is 5.92 Å². The first kappa shape index (κ1) is 12.8. The first-order valence-corrected chi connectivity index (χ1v) is 7.37. The topological polar surface area (TPSA) is 30.5 Å². The maximum Gasteiger partial charge on any atom is 0.161 e. The lowest BCUT2D eigenvalue weighted by Crippen LogP contribution is -2.29. The molecule has 0 radical (unpaired) electrons. The van der Waals surface area contributed by atoms with Gasteiger partial charge in [0.15, 0.2) is 11.5 Å². The van der Waals surface area contributed by atoms with Crippen LogP contribution >= 0.6 is 0 Å². The molecule has 0 saturated heterocycles. The standard InChI is InChI=1S/C16H23NO2/c1-3-6-17-11-16(10-12(16)2)13-4-5-14-15(9-13)19-8-7-18-14/h4-5,9,12,17H,3,6-8,10-11H2,1-2H3. The van der Waals surface area contributed by atoms with Crippen LogP contribution in [0, 0.1) is 5.92 Å². The fourth-order valence-corrected chi connectivity index (χ4v) is 3.08. The van der Waals surface area contributed by atoms with Gasteiger partial charge in [0.2, 0.25) is 0 Å². The number of hydrogen-bond acceptors (Lipinski definition) is 3. The monoisotopic (exact) mass is 261 g/mol. The Morgan fingerprint density at radius 2 is 2.00 bits per heavy atom. The van der Waals surface area contributed by atoms with E-state index < -0.39 is 0 Å². The number of fused-ring (bicyclic) bond motifs is 1. The maximum absolute atomic E-state index is 5.70. The summed E-state index contributed by atoms with van der Waals surface area (Å²) in [5.41, 5.74) is 1.71. The van der Waals surface area contributed by atoms with Crippen molar-refractivity contribution in [1.82, 2.24) is 5.32 Å². The van der Waals surface area contributed by atoms with E-state index in [0.717, 1.165) is 30.5 Å². The fourth-order valence-electron chi connectivity index (χ4n) is 3.08. The maximum atomic E-state index is 5.70. The van der Waals surface area contributed by atoms with Crippen LogP contribution in [0.3, 0.4) is 0 Å². The molecule has 1 aliphatic heterocycles. The van der Waals surface area contributed by atoms with Gasteiger partial charge in [-0.25, -0.2) is 0 Å². The Morgan fingerprint density at radius 1 is 1.26 bits per heavy atom. The summed E-state index contributed by atoms with van der Waals surface area (Å²) in [7, 11) is 0. The van der Waals surface area contributed by atoms with Gasteiger partial charge in [0.25, 0.3) is 0 Å². The van der Waals surface area contributed by atoms with Crippen molar-refractivity contribution in [3.05, 3.63) is 23.8 Å². The molecule has 2 unspecified atom stereocenters. The molecule has 1 N–H and O–H groups in total. The van der Waals surface area contributed by atoms with Gasteiger partial charge < -0.3 is 14.8 Å². The van der Waals surface area contributed by atoms with Crippen LogP contribution in [0.25, 0.3) is 0 Å². The third-order valence-corrected chi connectivity index (χ3v) is 4.44. The zero-order valence-electron chi connectivity index (χ0n) is 11.9. The minimum absolute atomic E-state index is 0.311. The molecule has 1 heterocycles. The van der Waals surface area contributed by atoms with E-state index in [0.29, 0.717) is 18.6 Å². The summed E-state index contributed by atoms with van der Waals surface area (Å²) in [6, 6.07) is 6.46. The molecule has 104 valence electrons. The molecule has 1 aromatic carbocycles. The van der Waals surface area contributed by atoms with Gasteiger partial charge in [0.05, 0.1) is 0 Å². The molecule has 0 spiro atoms. The van der Waals surface area contributed by atoms with Crippen LogP contribution in [-0.2, 0) is 5.41 Å². The second-order valence-corrected chi connectivity index (χ2v) is 5.80. The highest BCUT2D eigenvalue weighted by Crippen LogP contribution is 2.54. The quantitative estimate of drug-likeness (QED) is 0.827. The van der Waals surface area contributed by atoms with E-state index in [9.17, 15) is 0 Å². The Labute approximate surface area is 115 Å². The van der Waals surface area contributed by atoms with Gasteiger partial charge in [0.1, 0.15) is 13.2 Å². The van der Waals surface area contributed by atoms with Crippen molar-refractivity contribution < 1.29 is 9.47 Å². The normalized spacial score (nSPS) is 28.2. The molecule has 3 rings (SSSR count). The highest BCUT2D eigenvalue weighted by molar-refractivity contribution is 5.48. The average molecular weight is 261 g/mol. The molecule has 0 aromatic heterocycles. The molecule has 1 fully saturated rings. The summed E-state index contributed by atoms with van der Waals surface area (Å²) in [4.78, 5) is 0. The van der Waals surface area contributed by atoms with Gasteiger partial charge in [-0.2, -0.15) is 0 Å². The van der Waals surface area contributed by atoms with Gasteiger partial charge in [-0.15, -0.1) is 0 Å². The molecule has 2 atom stereocenters. The first-order valence-electron chi connectivity index (χ1n) is 7.37. The van der Waals surface area contributed by atoms with E-state index in [4.69, 9.17) is 9.47 Å². The van der Waals surface area contributed by atoms with E-state index in [2.05, 4.69) is 37.4 Å². The molecule has 0 amide bonds. The lowest BCUT2D eigenvalue weighted by atomic mass is 9.93. The van der Waals surface area contributed by atoms with Crippen LogP contribution in [-0.4, -0.2) is 26.3 Å². The average Bonchev–Trinajstić information content (AvgIpc) is 3.10. The Kier molecular flexibility index (Phi) is 3.40. The highest BCUT2D eigenvalue weighted by atomic mass is 16.6. The number of nitrogens with one attached hydrogen (secondary N) is 1. The van der Waals surface area contributed by atoms with E-state index in [1.165, 1.54) is 18.4 Å². The van der Waals surface area contributed by atoms with Crippen molar-refractivity contribution in [2.45, 2.75) is 32.1 Å². The molecule has 3 nitrogen and oxygen atoms in total. The van der Waals surface area contributed by atoms with Crippen molar-refractivity contribution in [3.8, 4) is 11.5 Å². The van der Waals surface area contributed by atoms with Crippen LogP contribution < -0.4 is 14.8 Å². The van der Waals surface area contributed by atoms with Gasteiger partial charge in [-0.05, 0) is 43.0 Å². The molecule has 0 bridgehead atoms. The molecular formula is C16H23NO2. The smallest absolute Gasteiger partial charge is 0.161 e. The Morgan fingerprint density at radius 3 is 2.68 bits per heavy atom. The van der Waals surface area contributed by atoms with Crippen molar-refractivity contribution in [3.63, 3.8) is 0 Å². The first-order chi connectivity index (χ1) is 9.26. The molecular weight excluding hydrogens is 238 g/mol. The summed E-state index contributed by atoms with van der Waals surface area (Å²) < 4.78 is 11.3. The summed E-state index contributed by atoms with van der Waals surface area (Å²) in [5.74, 6) is 2.55. The van der Waals surface area contributed by atoms with Crippen molar-refractivity contribution in [1.29, 1.82) is 0 Å². The minimum Gasteiger partial charge on any atom is -0.486 e. The van der Waals surface area contributed by atoms with E-state index in [1.54, 1.807) is 0 Å². The van der Waals surface area contributed by atoms with Crippen LogP contribution in [0.5, 0.6) is 11.5 Å². The number of benzene rings is 1. The Balaban J connectivity index is 1.80. The molecule has 3 heteroatoms. The second-order valence-electron chi connectivity index (χ2n) is 5.80. The SMILES string of the molecule is CCCNCC1(c2ccc3c(c2)OCCO3)CC1C. The number of rotatable bonds is 5. The Hall–Kier alpha value is -1.22. The highest BCUT2D eigenvalue weighted by Gasteiger charge is 2.52. The summed E-state index contributed by atoms with van der Waals surface area (Å²) in [6.07, 6.45) is 2.45. The largest absolute Gasteiger partial charge is 0.486 e. The van der Waals surface area contributed by atoms with Gasteiger partial charge in [-0.3, -0.25) is 0 Å². The predicted octanol–water partition coefficient (Wildman–Crippen LogP) is 2.74. The number of ether oxygens (including phenoxy) is 2. The second kappa shape index (κ2) is 5.04. The van der Waals surface area contributed by atoms with Crippen molar-refractivity contribution >= 4 is 0 Å². The zero-order valence-corrected chi connectivity index (χ0v) is 11.9. The van der Waals surface area contributed by atoms with Gasteiger partial charge >= 0.3 is 0 Å². The molecule has 1 aromatic rings. The minimum atomic E-state index is 0.311.